The fraction of sp³-hybridized carbons (Fsp3) is 0.357. The number of benzene rings is 1. The number of hydrogen-bond acceptors (Lipinski definition) is 4. The molecule has 2 N–H and O–H groups in total. The molecule has 21 heavy (non-hydrogen) atoms. The predicted molar refractivity (Wildman–Crippen MR) is 80.6 cm³/mol. The van der Waals surface area contributed by atoms with Crippen molar-refractivity contribution in [1.82, 2.24) is 19.9 Å². The second-order valence-corrected chi connectivity index (χ2v) is 5.28. The number of carbonyl (C=O) groups excluding carboxylic acids is 1. The van der Waals surface area contributed by atoms with Gasteiger partial charge in [-0.05, 0) is 24.6 Å². The van der Waals surface area contributed by atoms with Crippen LogP contribution in [0.2, 0.25) is 5.02 Å². The van der Waals surface area contributed by atoms with E-state index in [-0.39, 0.29) is 18.5 Å². The Morgan fingerprint density at radius 1 is 1.52 bits per heavy atom. The maximum absolute atomic E-state index is 12.3. The standard InChI is InChI=1S/C14H18ClN5O/c1-10(11-4-3-5-12(15)6-11)19(2)14(21)9-20-8-13(7-16)17-18-20/h3-6,8,10H,7,9,16H2,1-2H3. The number of nitrogens with two attached hydrogens (primary N) is 1. The summed E-state index contributed by atoms with van der Waals surface area (Å²) >= 11 is 5.98. The van der Waals surface area contributed by atoms with Crippen LogP contribution >= 0.6 is 11.6 Å². The number of hydrogen-bond donors (Lipinski definition) is 1. The lowest BCUT2D eigenvalue weighted by Gasteiger charge is -2.25. The van der Waals surface area contributed by atoms with E-state index in [0.29, 0.717) is 17.3 Å². The van der Waals surface area contributed by atoms with Crippen molar-refractivity contribution in [2.75, 3.05) is 7.05 Å². The molecule has 0 aliphatic heterocycles. The van der Waals surface area contributed by atoms with Crippen molar-refractivity contribution in [2.45, 2.75) is 26.1 Å². The highest BCUT2D eigenvalue weighted by Crippen LogP contribution is 2.22. The first kappa shape index (κ1) is 15.5. The molecular weight excluding hydrogens is 290 g/mol. The molecule has 1 unspecified atom stereocenters. The van der Waals surface area contributed by atoms with Crippen molar-refractivity contribution in [3.05, 3.63) is 46.7 Å². The third-order valence-electron chi connectivity index (χ3n) is 3.40. The molecule has 1 amide bonds. The van der Waals surface area contributed by atoms with Gasteiger partial charge in [-0.15, -0.1) is 5.10 Å². The van der Waals surface area contributed by atoms with Crippen LogP contribution in [0.5, 0.6) is 0 Å². The topological polar surface area (TPSA) is 77.0 Å². The summed E-state index contributed by atoms with van der Waals surface area (Å²) in [7, 11) is 1.76. The minimum atomic E-state index is -0.0753. The highest BCUT2D eigenvalue weighted by Gasteiger charge is 2.18. The van der Waals surface area contributed by atoms with E-state index < -0.39 is 0 Å². The normalized spacial score (nSPS) is 12.2. The van der Waals surface area contributed by atoms with Crippen LogP contribution in [0.25, 0.3) is 0 Å². The van der Waals surface area contributed by atoms with Crippen LogP contribution in [0.1, 0.15) is 24.2 Å². The fourth-order valence-electron chi connectivity index (χ4n) is 1.97. The van der Waals surface area contributed by atoms with E-state index in [1.807, 2.05) is 31.2 Å². The Kier molecular flexibility index (Phi) is 4.93. The highest BCUT2D eigenvalue weighted by molar-refractivity contribution is 6.30. The minimum absolute atomic E-state index is 0.0593. The minimum Gasteiger partial charge on any atom is -0.337 e. The van der Waals surface area contributed by atoms with Crippen LogP contribution in [-0.4, -0.2) is 32.8 Å². The van der Waals surface area contributed by atoms with Crippen molar-refractivity contribution in [3.63, 3.8) is 0 Å². The summed E-state index contributed by atoms with van der Waals surface area (Å²) in [5.74, 6) is -0.0593. The van der Waals surface area contributed by atoms with E-state index in [1.54, 1.807) is 18.1 Å². The van der Waals surface area contributed by atoms with E-state index in [1.165, 1.54) is 4.68 Å². The molecule has 0 bridgehead atoms. The molecule has 0 aliphatic carbocycles. The SMILES string of the molecule is CC(c1cccc(Cl)c1)N(C)C(=O)Cn1cc(CN)nn1. The summed E-state index contributed by atoms with van der Waals surface area (Å²) in [6.07, 6.45) is 1.68. The molecule has 2 aromatic rings. The Hall–Kier alpha value is -1.92. The zero-order chi connectivity index (χ0) is 15.4. The quantitative estimate of drug-likeness (QED) is 0.910. The Balaban J connectivity index is 2.04. The van der Waals surface area contributed by atoms with Crippen molar-refractivity contribution < 1.29 is 4.79 Å². The maximum Gasteiger partial charge on any atom is 0.244 e. The molecule has 0 saturated carbocycles. The molecule has 7 heteroatoms. The number of amides is 1. The lowest BCUT2D eigenvalue weighted by atomic mass is 10.1. The van der Waals surface area contributed by atoms with Crippen LogP contribution in [0.3, 0.4) is 0 Å². The van der Waals surface area contributed by atoms with Crippen molar-refractivity contribution in [3.8, 4) is 0 Å². The second-order valence-electron chi connectivity index (χ2n) is 4.85. The van der Waals surface area contributed by atoms with Crippen LogP contribution in [0.4, 0.5) is 0 Å². The monoisotopic (exact) mass is 307 g/mol. The van der Waals surface area contributed by atoms with Gasteiger partial charge in [0.25, 0.3) is 0 Å². The van der Waals surface area contributed by atoms with Gasteiger partial charge < -0.3 is 10.6 Å². The van der Waals surface area contributed by atoms with E-state index in [4.69, 9.17) is 17.3 Å². The van der Waals surface area contributed by atoms with Crippen molar-refractivity contribution >= 4 is 17.5 Å². The molecule has 112 valence electrons. The summed E-state index contributed by atoms with van der Waals surface area (Å²) in [5, 5.41) is 8.39. The number of aromatic nitrogens is 3. The molecule has 1 heterocycles. The molecule has 0 spiro atoms. The first-order chi connectivity index (χ1) is 10.0. The van der Waals surface area contributed by atoms with Crippen LogP contribution in [0, 0.1) is 0 Å². The average Bonchev–Trinajstić information content (AvgIpc) is 2.93. The third kappa shape index (κ3) is 3.80. The molecular formula is C14H18ClN5O. The molecule has 0 fully saturated rings. The maximum atomic E-state index is 12.3. The number of rotatable bonds is 5. The number of halogens is 1. The molecule has 6 nitrogen and oxygen atoms in total. The van der Waals surface area contributed by atoms with Gasteiger partial charge in [0.1, 0.15) is 6.54 Å². The Labute approximate surface area is 128 Å². The first-order valence-corrected chi connectivity index (χ1v) is 6.99. The van der Waals surface area contributed by atoms with E-state index in [0.717, 1.165) is 5.56 Å². The molecule has 0 aliphatic rings. The zero-order valence-electron chi connectivity index (χ0n) is 12.0. The van der Waals surface area contributed by atoms with E-state index >= 15 is 0 Å². The fourth-order valence-corrected chi connectivity index (χ4v) is 2.16. The van der Waals surface area contributed by atoms with Gasteiger partial charge in [0.2, 0.25) is 5.91 Å². The molecule has 2 rings (SSSR count). The van der Waals surface area contributed by atoms with Crippen molar-refractivity contribution in [2.24, 2.45) is 5.73 Å². The van der Waals surface area contributed by atoms with Crippen LogP contribution < -0.4 is 5.73 Å². The van der Waals surface area contributed by atoms with Gasteiger partial charge in [-0.2, -0.15) is 0 Å². The lowest BCUT2D eigenvalue weighted by molar-refractivity contribution is -0.132. The number of likely N-dealkylation sites (N-methyl/N-ethyl adjacent to an activating group) is 1. The molecule has 1 aromatic heterocycles. The molecule has 0 saturated heterocycles. The van der Waals surface area contributed by atoms with E-state index in [9.17, 15) is 4.79 Å². The van der Waals surface area contributed by atoms with Gasteiger partial charge in [-0.3, -0.25) is 4.79 Å². The van der Waals surface area contributed by atoms with Gasteiger partial charge in [0.15, 0.2) is 0 Å². The molecule has 0 radical (unpaired) electrons. The Bertz CT molecular complexity index is 627. The van der Waals surface area contributed by atoms with Crippen molar-refractivity contribution in [1.29, 1.82) is 0 Å². The first-order valence-electron chi connectivity index (χ1n) is 6.61. The number of nitrogens with zero attached hydrogens (tertiary/aromatic N) is 4. The van der Waals surface area contributed by atoms with Gasteiger partial charge >= 0.3 is 0 Å². The summed E-state index contributed by atoms with van der Waals surface area (Å²) in [6.45, 7) is 2.40. The van der Waals surface area contributed by atoms with Gasteiger partial charge in [0, 0.05) is 18.6 Å². The lowest BCUT2D eigenvalue weighted by Crippen LogP contribution is -2.32. The zero-order valence-corrected chi connectivity index (χ0v) is 12.8. The van der Waals surface area contributed by atoms with Gasteiger partial charge in [-0.1, -0.05) is 28.9 Å². The Morgan fingerprint density at radius 2 is 2.29 bits per heavy atom. The summed E-state index contributed by atoms with van der Waals surface area (Å²) in [6, 6.07) is 7.41. The van der Waals surface area contributed by atoms with Gasteiger partial charge in [-0.25, -0.2) is 4.68 Å². The van der Waals surface area contributed by atoms with Crippen LogP contribution in [-0.2, 0) is 17.9 Å². The highest BCUT2D eigenvalue weighted by atomic mass is 35.5. The third-order valence-corrected chi connectivity index (χ3v) is 3.63. The summed E-state index contributed by atoms with van der Waals surface area (Å²) in [4.78, 5) is 13.9. The summed E-state index contributed by atoms with van der Waals surface area (Å²) < 4.78 is 1.49. The second kappa shape index (κ2) is 6.69. The number of carbonyl (C=O) groups is 1. The molecule has 1 aromatic carbocycles. The average molecular weight is 308 g/mol. The van der Waals surface area contributed by atoms with E-state index in [2.05, 4.69) is 10.3 Å². The summed E-state index contributed by atoms with van der Waals surface area (Å²) in [5.41, 5.74) is 7.11. The smallest absolute Gasteiger partial charge is 0.244 e. The molecule has 1 atom stereocenters. The largest absolute Gasteiger partial charge is 0.337 e. The van der Waals surface area contributed by atoms with Gasteiger partial charge in [0.05, 0.1) is 17.9 Å². The predicted octanol–water partition coefficient (Wildman–Crippen LogP) is 1.61. The Morgan fingerprint density at radius 3 is 2.90 bits per heavy atom. The van der Waals surface area contributed by atoms with Crippen LogP contribution in [0.15, 0.2) is 30.5 Å².